The van der Waals surface area contributed by atoms with Crippen molar-refractivity contribution in [2.75, 3.05) is 31.8 Å². The third-order valence-corrected chi connectivity index (χ3v) is 6.11. The summed E-state index contributed by atoms with van der Waals surface area (Å²) < 4.78 is 35.2. The highest BCUT2D eigenvalue weighted by molar-refractivity contribution is 7.89. The second-order valence-electron chi connectivity index (χ2n) is 5.00. The molecule has 9 heteroatoms. The van der Waals surface area contributed by atoms with Gasteiger partial charge in [-0.05, 0) is 31.3 Å². The number of nitrogen functional groups attached to an aromatic ring is 1. The van der Waals surface area contributed by atoms with E-state index in [0.717, 1.165) is 35.3 Å². The quantitative estimate of drug-likeness (QED) is 0.838. The van der Waals surface area contributed by atoms with Crippen LogP contribution in [0.15, 0.2) is 4.90 Å². The van der Waals surface area contributed by atoms with E-state index in [1.54, 1.807) is 0 Å². The van der Waals surface area contributed by atoms with Crippen molar-refractivity contribution in [2.24, 2.45) is 0 Å². The molecule has 1 fully saturated rings. The highest BCUT2D eigenvalue weighted by Crippen LogP contribution is 2.34. The number of nitrogens with one attached hydrogen (secondary N) is 1. The minimum absolute atomic E-state index is 0.00784. The number of nitrogens with two attached hydrogens (primary N) is 1. The largest absolute Gasteiger partial charge is 0.382 e. The number of sulfonamides is 1. The van der Waals surface area contributed by atoms with Gasteiger partial charge in [-0.1, -0.05) is 0 Å². The maximum Gasteiger partial charge on any atom is 0.249 e. The van der Waals surface area contributed by atoms with E-state index in [1.165, 1.54) is 14.1 Å². The van der Waals surface area contributed by atoms with Crippen LogP contribution < -0.4 is 11.1 Å². The van der Waals surface area contributed by atoms with Gasteiger partial charge < -0.3 is 15.8 Å². The summed E-state index contributed by atoms with van der Waals surface area (Å²) in [6.45, 7) is 2.72. The highest BCUT2D eigenvalue weighted by Gasteiger charge is 2.30. The topological polar surface area (TPSA) is 97.5 Å². The summed E-state index contributed by atoms with van der Waals surface area (Å²) >= 11 is 1.06. The summed E-state index contributed by atoms with van der Waals surface area (Å²) in [7, 11) is -0.667. The first-order valence-electron chi connectivity index (χ1n) is 6.40. The Morgan fingerprint density at radius 2 is 2.25 bits per heavy atom. The molecule has 1 aromatic heterocycles. The summed E-state index contributed by atoms with van der Waals surface area (Å²) in [5, 5.41) is 3.65. The molecular weight excluding hydrogens is 300 g/mol. The van der Waals surface area contributed by atoms with Crippen molar-refractivity contribution in [3.05, 3.63) is 0 Å². The predicted octanol–water partition coefficient (Wildman–Crippen LogP) is 0.955. The van der Waals surface area contributed by atoms with Crippen LogP contribution in [0.1, 0.15) is 19.8 Å². The van der Waals surface area contributed by atoms with Crippen molar-refractivity contribution < 1.29 is 13.2 Å². The smallest absolute Gasteiger partial charge is 0.249 e. The van der Waals surface area contributed by atoms with Crippen LogP contribution in [0, 0.1) is 0 Å². The molecule has 2 unspecified atom stereocenters. The monoisotopic (exact) mass is 320 g/mol. The van der Waals surface area contributed by atoms with Crippen LogP contribution in [0.3, 0.4) is 0 Å². The average Bonchev–Trinajstić information content (AvgIpc) is 2.98. The zero-order valence-corrected chi connectivity index (χ0v) is 13.4. The lowest BCUT2D eigenvalue weighted by molar-refractivity contribution is 0.0997. The second kappa shape index (κ2) is 5.84. The van der Waals surface area contributed by atoms with E-state index in [1.807, 2.05) is 6.92 Å². The molecule has 0 aromatic carbocycles. The predicted molar refractivity (Wildman–Crippen MR) is 79.5 cm³/mol. The van der Waals surface area contributed by atoms with E-state index in [-0.39, 0.29) is 22.9 Å². The Hall–Kier alpha value is -0.900. The van der Waals surface area contributed by atoms with Gasteiger partial charge in [0.05, 0.1) is 12.1 Å². The average molecular weight is 320 g/mol. The van der Waals surface area contributed by atoms with Gasteiger partial charge >= 0.3 is 0 Å². The number of aromatic nitrogens is 1. The van der Waals surface area contributed by atoms with Gasteiger partial charge in [-0.3, -0.25) is 0 Å². The Balaban J connectivity index is 2.25. The lowest BCUT2D eigenvalue weighted by Crippen LogP contribution is -2.31. The first-order chi connectivity index (χ1) is 9.34. The summed E-state index contributed by atoms with van der Waals surface area (Å²) in [5.74, 6) is 0.0331. The van der Waals surface area contributed by atoms with Crippen molar-refractivity contribution in [3.8, 4) is 0 Å². The van der Waals surface area contributed by atoms with Gasteiger partial charge in [-0.15, -0.1) is 0 Å². The lowest BCUT2D eigenvalue weighted by Gasteiger charge is -2.21. The first kappa shape index (κ1) is 15.5. The zero-order chi connectivity index (χ0) is 14.9. The van der Waals surface area contributed by atoms with E-state index < -0.39 is 10.0 Å². The van der Waals surface area contributed by atoms with Gasteiger partial charge in [0.2, 0.25) is 10.0 Å². The fourth-order valence-electron chi connectivity index (χ4n) is 2.11. The summed E-state index contributed by atoms with van der Waals surface area (Å²) in [5.41, 5.74) is 5.72. The summed E-state index contributed by atoms with van der Waals surface area (Å²) in [4.78, 5) is 0.0531. The van der Waals surface area contributed by atoms with Gasteiger partial charge in [0.1, 0.15) is 5.00 Å². The molecule has 2 atom stereocenters. The number of nitrogens with zero attached hydrogens (tertiary/aromatic N) is 2. The van der Waals surface area contributed by atoms with E-state index in [0.29, 0.717) is 5.00 Å². The second-order valence-corrected chi connectivity index (χ2v) is 7.86. The lowest BCUT2D eigenvalue weighted by atomic mass is 10.1. The molecule has 2 heterocycles. The molecule has 1 aliphatic rings. The fraction of sp³-hybridized carbons (Fsp3) is 0.727. The normalized spacial score (nSPS) is 21.3. The number of rotatable bonds is 5. The molecule has 1 aliphatic heterocycles. The molecule has 2 rings (SSSR count). The molecule has 7 nitrogen and oxygen atoms in total. The minimum Gasteiger partial charge on any atom is -0.382 e. The molecule has 3 N–H and O–H groups in total. The molecule has 0 bridgehead atoms. The van der Waals surface area contributed by atoms with Gasteiger partial charge in [-0.2, -0.15) is 4.37 Å². The standard InChI is InChI=1S/C11H20N4O3S2/c1-7(8-5-4-6-18-8)13-11-9(10(12)14-19-11)20(16,17)15(2)3/h7-8,13H,4-6H2,1-3H3,(H2,12,14). The third kappa shape index (κ3) is 2.90. The van der Waals surface area contributed by atoms with E-state index in [9.17, 15) is 8.42 Å². The van der Waals surface area contributed by atoms with Crippen LogP contribution >= 0.6 is 11.5 Å². The van der Waals surface area contributed by atoms with Crippen LogP contribution in [0.25, 0.3) is 0 Å². The zero-order valence-electron chi connectivity index (χ0n) is 11.8. The highest BCUT2D eigenvalue weighted by atomic mass is 32.2. The van der Waals surface area contributed by atoms with Crippen LogP contribution in [0.5, 0.6) is 0 Å². The van der Waals surface area contributed by atoms with Crippen LogP contribution in [0.2, 0.25) is 0 Å². The third-order valence-electron chi connectivity index (χ3n) is 3.29. The van der Waals surface area contributed by atoms with Crippen molar-refractivity contribution in [2.45, 2.75) is 36.8 Å². The van der Waals surface area contributed by atoms with Gasteiger partial charge in [0, 0.05) is 20.7 Å². The molecule has 1 saturated heterocycles. The number of anilines is 2. The van der Waals surface area contributed by atoms with Crippen LogP contribution in [-0.2, 0) is 14.8 Å². The maximum atomic E-state index is 12.3. The molecule has 1 aromatic rings. The van der Waals surface area contributed by atoms with Gasteiger partial charge in [0.15, 0.2) is 10.7 Å². The number of hydrogen-bond acceptors (Lipinski definition) is 7. The molecule has 0 radical (unpaired) electrons. The Kier molecular flexibility index (Phi) is 4.52. The van der Waals surface area contributed by atoms with Crippen molar-refractivity contribution in [1.82, 2.24) is 8.68 Å². The molecule has 0 amide bonds. The van der Waals surface area contributed by atoms with E-state index in [4.69, 9.17) is 10.5 Å². The Bertz CT molecular complexity index is 564. The maximum absolute atomic E-state index is 12.3. The molecule has 114 valence electrons. The van der Waals surface area contributed by atoms with Crippen molar-refractivity contribution in [3.63, 3.8) is 0 Å². The SMILES string of the molecule is CC(Nc1snc(N)c1S(=O)(=O)N(C)C)C1CCCO1. The fourth-order valence-corrected chi connectivity index (χ4v) is 4.28. The molecule has 0 aliphatic carbocycles. The van der Waals surface area contributed by atoms with Crippen LogP contribution in [0.4, 0.5) is 10.8 Å². The molecule has 0 spiro atoms. The molecule has 20 heavy (non-hydrogen) atoms. The van der Waals surface area contributed by atoms with Gasteiger partial charge in [-0.25, -0.2) is 12.7 Å². The Morgan fingerprint density at radius 3 is 2.80 bits per heavy atom. The number of ether oxygens (including phenoxy) is 1. The minimum atomic E-state index is -3.61. The van der Waals surface area contributed by atoms with E-state index >= 15 is 0 Å². The Labute approximate surface area is 123 Å². The number of hydrogen-bond donors (Lipinski definition) is 2. The molecule has 0 saturated carbocycles. The van der Waals surface area contributed by atoms with E-state index in [2.05, 4.69) is 9.69 Å². The first-order valence-corrected chi connectivity index (χ1v) is 8.61. The Morgan fingerprint density at radius 1 is 1.55 bits per heavy atom. The van der Waals surface area contributed by atoms with Crippen LogP contribution in [-0.4, -0.2) is 49.9 Å². The van der Waals surface area contributed by atoms with Crippen molar-refractivity contribution >= 4 is 32.4 Å². The van der Waals surface area contributed by atoms with Crippen molar-refractivity contribution in [1.29, 1.82) is 0 Å². The summed E-state index contributed by atoms with van der Waals surface area (Å²) in [6.07, 6.45) is 2.09. The van der Waals surface area contributed by atoms with Gasteiger partial charge in [0.25, 0.3) is 0 Å². The summed E-state index contributed by atoms with van der Waals surface area (Å²) in [6, 6.07) is 0.00784. The molecular formula is C11H20N4O3S2.